The van der Waals surface area contributed by atoms with Crippen LogP contribution in [-0.4, -0.2) is 41.8 Å². The number of aryl methyl sites for hydroxylation is 1. The fraction of sp³-hybridized carbons (Fsp3) is 0.517. The van der Waals surface area contributed by atoms with E-state index in [0.717, 1.165) is 49.7 Å². The lowest BCUT2D eigenvalue weighted by Crippen LogP contribution is -2.48. The first-order valence-electron chi connectivity index (χ1n) is 12.9. The number of halogens is 1. The van der Waals surface area contributed by atoms with Crippen molar-refractivity contribution in [2.45, 2.75) is 77.5 Å². The molecule has 1 aliphatic rings. The quantitative estimate of drug-likeness (QED) is 0.430. The van der Waals surface area contributed by atoms with Crippen molar-refractivity contribution in [3.05, 3.63) is 71.5 Å². The second kappa shape index (κ2) is 13.3. The number of carbonyl (C=O) groups is 2. The monoisotopic (exact) mass is 498 g/mol. The van der Waals surface area contributed by atoms with Gasteiger partial charge in [0, 0.05) is 19.1 Å². The Labute approximate surface area is 214 Å². The highest BCUT2D eigenvalue weighted by atomic mass is 19.1. The first-order chi connectivity index (χ1) is 17.2. The van der Waals surface area contributed by atoms with Crippen molar-refractivity contribution in [1.82, 2.24) is 10.2 Å². The van der Waals surface area contributed by atoms with Crippen LogP contribution in [0.15, 0.2) is 54.6 Å². The summed E-state index contributed by atoms with van der Waals surface area (Å²) in [6.45, 7) is 6.81. The van der Waals surface area contributed by atoms with Gasteiger partial charge in [0.15, 0.2) is 0 Å². The lowest BCUT2D eigenvalue weighted by Gasteiger charge is -2.36. The summed E-state index contributed by atoms with van der Waals surface area (Å²) < 4.78 is 24.3. The van der Waals surface area contributed by atoms with Gasteiger partial charge < -0.3 is 19.7 Å². The molecule has 0 unspecified atom stereocenters. The number of alkyl carbamates (subject to hydrolysis) is 1. The fourth-order valence-corrected chi connectivity index (χ4v) is 4.52. The summed E-state index contributed by atoms with van der Waals surface area (Å²) in [5, 5.41) is 3.04. The zero-order valence-corrected chi connectivity index (χ0v) is 21.7. The molecule has 0 heterocycles. The first-order valence-corrected chi connectivity index (χ1v) is 12.9. The van der Waals surface area contributed by atoms with Gasteiger partial charge in [-0.2, -0.15) is 0 Å². The van der Waals surface area contributed by atoms with Gasteiger partial charge in [0.1, 0.15) is 18.0 Å². The predicted molar refractivity (Wildman–Crippen MR) is 138 cm³/mol. The molecule has 36 heavy (non-hydrogen) atoms. The van der Waals surface area contributed by atoms with E-state index in [1.165, 1.54) is 12.1 Å². The van der Waals surface area contributed by atoms with Crippen LogP contribution in [0.4, 0.5) is 14.0 Å². The van der Waals surface area contributed by atoms with Crippen LogP contribution in [0.1, 0.15) is 64.0 Å². The number of rotatable bonds is 9. The third-order valence-corrected chi connectivity index (χ3v) is 6.34. The van der Waals surface area contributed by atoms with E-state index in [9.17, 15) is 14.0 Å². The Morgan fingerprint density at radius 2 is 1.69 bits per heavy atom. The number of ether oxygens (including phenoxy) is 2. The molecule has 6 nitrogen and oxygen atoms in total. The summed E-state index contributed by atoms with van der Waals surface area (Å²) in [6, 6.07) is 16.0. The Morgan fingerprint density at radius 1 is 1.00 bits per heavy atom. The minimum absolute atomic E-state index is 0.0657. The number of amides is 2. The lowest BCUT2D eigenvalue weighted by atomic mass is 9.84. The summed E-state index contributed by atoms with van der Waals surface area (Å²) in [7, 11) is 0. The largest absolute Gasteiger partial charge is 0.445 e. The second-order valence-corrected chi connectivity index (χ2v) is 10.5. The molecule has 0 bridgehead atoms. The molecule has 3 rings (SSSR count). The molecule has 1 aliphatic carbocycles. The van der Waals surface area contributed by atoms with Crippen LogP contribution in [0.5, 0.6) is 0 Å². The van der Waals surface area contributed by atoms with Crippen LogP contribution in [-0.2, 0) is 22.5 Å². The van der Waals surface area contributed by atoms with E-state index in [1.54, 1.807) is 17.0 Å². The summed E-state index contributed by atoms with van der Waals surface area (Å²) in [6.07, 6.45) is 4.53. The highest BCUT2D eigenvalue weighted by Crippen LogP contribution is 2.26. The van der Waals surface area contributed by atoms with Gasteiger partial charge in [-0.05, 0) is 75.6 Å². The zero-order chi connectivity index (χ0) is 26.0. The van der Waals surface area contributed by atoms with Gasteiger partial charge in [0.2, 0.25) is 0 Å². The minimum Gasteiger partial charge on any atom is -0.445 e. The first kappa shape index (κ1) is 27.5. The summed E-state index contributed by atoms with van der Waals surface area (Å²) in [5.74, 6) is -0.145. The molecule has 2 atom stereocenters. The van der Waals surface area contributed by atoms with E-state index >= 15 is 0 Å². The van der Waals surface area contributed by atoms with Gasteiger partial charge in [0.25, 0.3) is 0 Å². The van der Waals surface area contributed by atoms with Gasteiger partial charge in [-0.25, -0.2) is 14.0 Å². The van der Waals surface area contributed by atoms with Crippen LogP contribution < -0.4 is 5.32 Å². The van der Waals surface area contributed by atoms with E-state index in [4.69, 9.17) is 9.47 Å². The molecule has 1 fully saturated rings. The van der Waals surface area contributed by atoms with Crippen molar-refractivity contribution in [2.75, 3.05) is 13.1 Å². The van der Waals surface area contributed by atoms with Crippen molar-refractivity contribution in [2.24, 2.45) is 5.92 Å². The molecule has 0 aromatic heterocycles. The number of hydrogen-bond donors (Lipinski definition) is 1. The smallest absolute Gasteiger partial charge is 0.410 e. The minimum atomic E-state index is -0.599. The number of nitrogens with zero attached hydrogens (tertiary/aromatic N) is 1. The topological polar surface area (TPSA) is 67.9 Å². The molecule has 0 aliphatic heterocycles. The van der Waals surface area contributed by atoms with E-state index in [0.29, 0.717) is 13.1 Å². The zero-order valence-electron chi connectivity index (χ0n) is 21.7. The van der Waals surface area contributed by atoms with Crippen LogP contribution >= 0.6 is 0 Å². The van der Waals surface area contributed by atoms with Gasteiger partial charge in [-0.1, -0.05) is 55.3 Å². The molecule has 1 saturated carbocycles. The molecular formula is C29H39FN2O4. The van der Waals surface area contributed by atoms with Crippen molar-refractivity contribution < 1.29 is 23.5 Å². The number of hydrogen-bond acceptors (Lipinski definition) is 4. The molecule has 0 spiro atoms. The molecule has 0 radical (unpaired) electrons. The molecule has 1 N–H and O–H groups in total. The molecular weight excluding hydrogens is 459 g/mol. The lowest BCUT2D eigenvalue weighted by molar-refractivity contribution is 0.0191. The number of carbonyl (C=O) groups excluding carboxylic acids is 2. The Morgan fingerprint density at radius 3 is 2.39 bits per heavy atom. The van der Waals surface area contributed by atoms with Crippen LogP contribution in [0, 0.1) is 11.7 Å². The third kappa shape index (κ3) is 9.51. The van der Waals surface area contributed by atoms with E-state index in [2.05, 4.69) is 5.32 Å². The van der Waals surface area contributed by atoms with E-state index in [-0.39, 0.29) is 30.5 Å². The van der Waals surface area contributed by atoms with Crippen LogP contribution in [0.25, 0.3) is 0 Å². The number of benzene rings is 2. The Bertz CT molecular complexity index is 959. The van der Waals surface area contributed by atoms with Crippen molar-refractivity contribution in [3.63, 3.8) is 0 Å². The van der Waals surface area contributed by atoms with Gasteiger partial charge in [-0.15, -0.1) is 0 Å². The molecule has 0 saturated heterocycles. The third-order valence-electron chi connectivity index (χ3n) is 6.34. The van der Waals surface area contributed by atoms with E-state index < -0.39 is 11.7 Å². The van der Waals surface area contributed by atoms with E-state index in [1.807, 2.05) is 51.1 Å². The second-order valence-electron chi connectivity index (χ2n) is 10.5. The Kier molecular flexibility index (Phi) is 10.1. The maximum atomic E-state index is 13.2. The van der Waals surface area contributed by atoms with Crippen molar-refractivity contribution >= 4 is 12.2 Å². The number of nitrogens with one attached hydrogen (secondary N) is 1. The Balaban J connectivity index is 1.59. The van der Waals surface area contributed by atoms with Crippen molar-refractivity contribution in [3.8, 4) is 0 Å². The molecule has 2 aromatic rings. The average molecular weight is 499 g/mol. The van der Waals surface area contributed by atoms with Crippen LogP contribution in [0.2, 0.25) is 0 Å². The average Bonchev–Trinajstić information content (AvgIpc) is 2.84. The summed E-state index contributed by atoms with van der Waals surface area (Å²) in [5.41, 5.74) is 1.36. The molecule has 2 amide bonds. The SMILES string of the molecule is CC(C)(C)OC(=O)N(CCCc1ccc(F)cc1)C[C@@H]1CCCC[C@H]1NC(=O)OCc1ccccc1. The normalized spacial score (nSPS) is 17.8. The summed E-state index contributed by atoms with van der Waals surface area (Å²) >= 11 is 0. The van der Waals surface area contributed by atoms with Gasteiger partial charge in [0.05, 0.1) is 0 Å². The van der Waals surface area contributed by atoms with Crippen molar-refractivity contribution in [1.29, 1.82) is 0 Å². The van der Waals surface area contributed by atoms with Gasteiger partial charge >= 0.3 is 12.2 Å². The maximum absolute atomic E-state index is 13.2. The predicted octanol–water partition coefficient (Wildman–Crippen LogP) is 6.48. The van der Waals surface area contributed by atoms with Gasteiger partial charge in [-0.3, -0.25) is 0 Å². The Hall–Kier alpha value is -3.09. The molecule has 7 heteroatoms. The highest BCUT2D eigenvalue weighted by molar-refractivity contribution is 5.68. The standard InChI is InChI=1S/C29H39FN2O4/c1-29(2,3)36-28(34)32(19-9-12-22-15-17-25(30)18-16-22)20-24-13-7-8-14-26(24)31-27(33)35-21-23-10-5-4-6-11-23/h4-6,10-11,15-18,24,26H,7-9,12-14,19-21H2,1-3H3,(H,31,33)/t24-,26+/m0/s1. The van der Waals surface area contributed by atoms with Crippen LogP contribution in [0.3, 0.4) is 0 Å². The summed E-state index contributed by atoms with van der Waals surface area (Å²) in [4.78, 5) is 27.3. The fourth-order valence-electron chi connectivity index (χ4n) is 4.52. The highest BCUT2D eigenvalue weighted by Gasteiger charge is 2.31. The molecule has 2 aromatic carbocycles. The maximum Gasteiger partial charge on any atom is 0.410 e. The molecule has 196 valence electrons.